The van der Waals surface area contributed by atoms with Crippen LogP contribution in [0.3, 0.4) is 0 Å². The molecule has 9 nitrogen and oxygen atoms in total. The number of carbonyl (C=O) groups is 1. The van der Waals surface area contributed by atoms with Gasteiger partial charge in [-0.1, -0.05) is 0 Å². The van der Waals surface area contributed by atoms with Crippen molar-refractivity contribution in [2.24, 2.45) is 0 Å². The molecule has 0 saturated heterocycles. The summed E-state index contributed by atoms with van der Waals surface area (Å²) in [5.74, 6) is -0.340. The molecule has 1 aromatic heterocycles. The molecule has 4 rings (SSSR count). The fraction of sp³-hybridized carbons (Fsp3) is 0.500. The van der Waals surface area contributed by atoms with E-state index in [1.54, 1.807) is 26.2 Å². The molecule has 1 amide bonds. The lowest BCUT2D eigenvalue weighted by Gasteiger charge is -2.34. The largest absolute Gasteiger partial charge is 0.446 e. The number of rotatable bonds is 8. The van der Waals surface area contributed by atoms with Gasteiger partial charge in [0, 0.05) is 24.0 Å². The second-order valence-electron chi connectivity index (χ2n) is 9.26. The molecule has 0 bridgehead atoms. The summed E-state index contributed by atoms with van der Waals surface area (Å²) >= 11 is 0. The zero-order valence-electron chi connectivity index (χ0n) is 18.8. The van der Waals surface area contributed by atoms with Crippen molar-refractivity contribution >= 4 is 27.8 Å². The molecule has 2 aliphatic rings. The lowest BCUT2D eigenvalue weighted by molar-refractivity contribution is 0.0373. The first kappa shape index (κ1) is 23.4. The lowest BCUT2D eigenvalue weighted by atomic mass is 9.78. The summed E-state index contributed by atoms with van der Waals surface area (Å²) < 4.78 is 46.7. The molecule has 0 spiro atoms. The Morgan fingerprint density at radius 1 is 1.21 bits per heavy atom. The molecule has 33 heavy (non-hydrogen) atoms. The Hall–Kier alpha value is -2.79. The fourth-order valence-corrected chi connectivity index (χ4v) is 4.81. The number of alkyl carbamates (subject to hydrolysis) is 1. The molecule has 2 aliphatic carbocycles. The van der Waals surface area contributed by atoms with Crippen LogP contribution >= 0.6 is 0 Å². The Labute approximate surface area is 192 Å². The molecule has 0 unspecified atom stereocenters. The van der Waals surface area contributed by atoms with Crippen LogP contribution in [-0.4, -0.2) is 42.2 Å². The third kappa shape index (κ3) is 5.77. The zero-order chi connectivity index (χ0) is 23.8. The number of hydrogen-bond donors (Lipinski definition) is 3. The number of benzene rings is 1. The van der Waals surface area contributed by atoms with Crippen LogP contribution in [-0.2, 0) is 14.8 Å². The number of amides is 1. The van der Waals surface area contributed by atoms with Crippen molar-refractivity contribution in [1.82, 2.24) is 20.0 Å². The van der Waals surface area contributed by atoms with Gasteiger partial charge in [0.25, 0.3) is 0 Å². The Bertz CT molecular complexity index is 1130. The van der Waals surface area contributed by atoms with Crippen molar-refractivity contribution in [2.45, 2.75) is 75.0 Å². The summed E-state index contributed by atoms with van der Waals surface area (Å²) in [6.45, 7) is 5.37. The van der Waals surface area contributed by atoms with Crippen molar-refractivity contribution < 1.29 is 22.3 Å². The van der Waals surface area contributed by atoms with E-state index in [9.17, 15) is 17.6 Å². The topological polar surface area (TPSA) is 122 Å². The smallest absolute Gasteiger partial charge is 0.407 e. The van der Waals surface area contributed by atoms with Crippen LogP contribution in [0, 0.1) is 5.82 Å². The molecule has 2 fully saturated rings. The van der Waals surface area contributed by atoms with E-state index in [-0.39, 0.29) is 46.2 Å². The van der Waals surface area contributed by atoms with Crippen LogP contribution in [0.1, 0.15) is 57.9 Å². The average molecular weight is 478 g/mol. The molecular formula is C22H28FN5O4S. The Balaban J connectivity index is 1.31. The first-order valence-corrected chi connectivity index (χ1v) is 12.4. The Morgan fingerprint density at radius 2 is 1.88 bits per heavy atom. The van der Waals surface area contributed by atoms with Gasteiger partial charge in [-0.2, -0.15) is 0 Å². The number of ether oxygens (including phenoxy) is 1. The Morgan fingerprint density at radius 3 is 2.45 bits per heavy atom. The van der Waals surface area contributed by atoms with Crippen molar-refractivity contribution in [3.8, 4) is 0 Å². The molecule has 0 atom stereocenters. The number of halogens is 1. The van der Waals surface area contributed by atoms with E-state index in [0.717, 1.165) is 24.5 Å². The van der Waals surface area contributed by atoms with E-state index in [4.69, 9.17) is 4.74 Å². The number of anilines is 2. The third-order valence-corrected chi connectivity index (χ3v) is 7.46. The predicted octanol–water partition coefficient (Wildman–Crippen LogP) is 3.57. The summed E-state index contributed by atoms with van der Waals surface area (Å²) in [5.41, 5.74) is 0.881. The molecule has 0 radical (unpaired) electrons. The van der Waals surface area contributed by atoms with Gasteiger partial charge in [0.05, 0.1) is 10.6 Å². The second-order valence-corrected chi connectivity index (χ2v) is 11.0. The fourth-order valence-electron chi connectivity index (χ4n) is 3.55. The second kappa shape index (κ2) is 8.86. The predicted molar refractivity (Wildman–Crippen MR) is 120 cm³/mol. The Kier molecular flexibility index (Phi) is 6.28. The molecule has 2 saturated carbocycles. The lowest BCUT2D eigenvalue weighted by Crippen LogP contribution is -2.40. The van der Waals surface area contributed by atoms with Gasteiger partial charge >= 0.3 is 6.09 Å². The first-order chi connectivity index (χ1) is 15.5. The van der Waals surface area contributed by atoms with Gasteiger partial charge in [-0.15, -0.1) is 0 Å². The van der Waals surface area contributed by atoms with Crippen LogP contribution in [0.5, 0.6) is 0 Å². The monoisotopic (exact) mass is 477 g/mol. The molecular weight excluding hydrogens is 449 g/mol. The minimum Gasteiger partial charge on any atom is -0.446 e. The van der Waals surface area contributed by atoms with Crippen molar-refractivity contribution in [2.75, 3.05) is 5.32 Å². The van der Waals surface area contributed by atoms with Gasteiger partial charge in [0.1, 0.15) is 11.9 Å². The van der Waals surface area contributed by atoms with E-state index < -0.39 is 15.8 Å². The quantitative estimate of drug-likeness (QED) is 0.531. The van der Waals surface area contributed by atoms with Gasteiger partial charge < -0.3 is 15.4 Å². The van der Waals surface area contributed by atoms with Crippen LogP contribution in [0.2, 0.25) is 0 Å². The number of carbonyl (C=O) groups excluding carboxylic acids is 1. The number of nitrogens with zero attached hydrogens (tertiary/aromatic N) is 2. The highest BCUT2D eigenvalue weighted by Crippen LogP contribution is 2.39. The molecule has 3 N–H and O–H groups in total. The minimum absolute atomic E-state index is 0.0683. The van der Waals surface area contributed by atoms with E-state index in [2.05, 4.69) is 25.3 Å². The zero-order valence-corrected chi connectivity index (χ0v) is 19.6. The SMILES string of the molecule is CC(C)NS(=O)(=O)c1ccc(Nc2ncc(C3CC(OC(=O)NC4(C)CC4)C3)cn2)c(F)c1. The van der Waals surface area contributed by atoms with Crippen molar-refractivity contribution in [3.05, 3.63) is 42.0 Å². The number of sulfonamides is 1. The van der Waals surface area contributed by atoms with Gasteiger partial charge in [-0.05, 0) is 76.1 Å². The highest BCUT2D eigenvalue weighted by atomic mass is 32.2. The molecule has 178 valence electrons. The first-order valence-electron chi connectivity index (χ1n) is 10.9. The van der Waals surface area contributed by atoms with E-state index in [1.807, 2.05) is 6.92 Å². The third-order valence-electron chi connectivity index (χ3n) is 5.80. The molecule has 11 heteroatoms. The maximum absolute atomic E-state index is 14.5. The van der Waals surface area contributed by atoms with Crippen LogP contribution in [0.15, 0.2) is 35.5 Å². The van der Waals surface area contributed by atoms with Crippen molar-refractivity contribution in [1.29, 1.82) is 0 Å². The molecule has 1 heterocycles. The molecule has 2 aromatic rings. The van der Waals surface area contributed by atoms with E-state index >= 15 is 0 Å². The highest BCUT2D eigenvalue weighted by molar-refractivity contribution is 7.89. The number of hydrogen-bond acceptors (Lipinski definition) is 7. The molecule has 1 aromatic carbocycles. The van der Waals surface area contributed by atoms with Crippen molar-refractivity contribution in [3.63, 3.8) is 0 Å². The standard InChI is InChI=1S/C22H28FN5O4S/c1-13(2)28-33(30,31)17-4-5-19(18(23)10-17)26-20-24-11-15(12-25-20)14-8-16(9-14)32-21(29)27-22(3)6-7-22/h4-5,10-14,16,28H,6-9H2,1-3H3,(H,27,29)(H,24,25,26). The average Bonchev–Trinajstić information content (AvgIpc) is 3.42. The van der Waals surface area contributed by atoms with Gasteiger partial charge in [0.15, 0.2) is 0 Å². The van der Waals surface area contributed by atoms with Gasteiger partial charge in [-0.25, -0.2) is 32.3 Å². The number of nitrogens with one attached hydrogen (secondary N) is 3. The molecule has 0 aliphatic heterocycles. The van der Waals surface area contributed by atoms with Gasteiger partial charge in [0.2, 0.25) is 16.0 Å². The summed E-state index contributed by atoms with van der Waals surface area (Å²) in [6, 6.07) is 3.31. The number of aromatic nitrogens is 2. The summed E-state index contributed by atoms with van der Waals surface area (Å²) in [4.78, 5) is 20.2. The maximum Gasteiger partial charge on any atom is 0.407 e. The van der Waals surface area contributed by atoms with E-state index in [1.165, 1.54) is 12.1 Å². The van der Waals surface area contributed by atoms with Gasteiger partial charge in [-0.3, -0.25) is 0 Å². The summed E-state index contributed by atoms with van der Waals surface area (Å²) in [6.07, 6.45) is 6.20. The summed E-state index contributed by atoms with van der Waals surface area (Å²) in [5, 5.41) is 5.64. The van der Waals surface area contributed by atoms with Crippen LogP contribution < -0.4 is 15.4 Å². The highest BCUT2D eigenvalue weighted by Gasteiger charge is 2.41. The van der Waals surface area contributed by atoms with Crippen LogP contribution in [0.25, 0.3) is 0 Å². The maximum atomic E-state index is 14.5. The van der Waals surface area contributed by atoms with Crippen LogP contribution in [0.4, 0.5) is 20.8 Å². The summed E-state index contributed by atoms with van der Waals surface area (Å²) in [7, 11) is -3.79. The normalized spacial score (nSPS) is 21.2. The minimum atomic E-state index is -3.79. The van der Waals surface area contributed by atoms with E-state index in [0.29, 0.717) is 12.8 Å².